The third-order valence-electron chi connectivity index (χ3n) is 2.83. The Balaban J connectivity index is 2.02. The Labute approximate surface area is 134 Å². The van der Waals surface area contributed by atoms with Crippen molar-refractivity contribution < 1.29 is 0 Å². The van der Waals surface area contributed by atoms with Gasteiger partial charge in [-0.25, -0.2) is 9.97 Å². The van der Waals surface area contributed by atoms with Crippen LogP contribution in [0.4, 0.5) is 11.6 Å². The number of benzene rings is 1. The summed E-state index contributed by atoms with van der Waals surface area (Å²) in [5.41, 5.74) is 7.76. The van der Waals surface area contributed by atoms with E-state index < -0.39 is 0 Å². The zero-order valence-electron chi connectivity index (χ0n) is 10.7. The van der Waals surface area contributed by atoms with Crippen molar-refractivity contribution in [2.45, 2.75) is 0 Å². The Hall–Kier alpha value is -2.12. The van der Waals surface area contributed by atoms with E-state index in [1.807, 2.05) is 24.3 Å². The van der Waals surface area contributed by atoms with Crippen molar-refractivity contribution in [2.24, 2.45) is 5.73 Å². The Kier molecular flexibility index (Phi) is 3.76. The monoisotopic (exact) mass is 359 g/mol. The van der Waals surface area contributed by atoms with Gasteiger partial charge in [0.15, 0.2) is 0 Å². The van der Waals surface area contributed by atoms with Crippen LogP contribution in [0.5, 0.6) is 0 Å². The molecule has 0 radical (unpaired) electrons. The van der Waals surface area contributed by atoms with Crippen molar-refractivity contribution in [1.29, 1.82) is 0 Å². The largest absolute Gasteiger partial charge is 0.388 e. The molecule has 5 nitrogen and oxygen atoms in total. The first-order valence-electron chi connectivity index (χ1n) is 6.07. The van der Waals surface area contributed by atoms with Crippen molar-refractivity contribution in [3.8, 4) is 0 Å². The summed E-state index contributed by atoms with van der Waals surface area (Å²) >= 11 is 8.33. The molecule has 0 bridgehead atoms. The third-order valence-corrected chi connectivity index (χ3v) is 3.47. The molecule has 21 heavy (non-hydrogen) atoms. The van der Waals surface area contributed by atoms with E-state index in [0.717, 1.165) is 21.1 Å². The van der Waals surface area contributed by atoms with E-state index in [1.54, 1.807) is 18.5 Å². The maximum Gasteiger partial charge on any atom is 0.227 e. The van der Waals surface area contributed by atoms with Gasteiger partial charge in [0.25, 0.3) is 0 Å². The van der Waals surface area contributed by atoms with E-state index in [9.17, 15) is 0 Å². The first-order chi connectivity index (χ1) is 10.1. The summed E-state index contributed by atoms with van der Waals surface area (Å²) in [5.74, 6) is 0.428. The van der Waals surface area contributed by atoms with Gasteiger partial charge in [-0.3, -0.25) is 4.98 Å². The predicted molar refractivity (Wildman–Crippen MR) is 90.6 cm³/mol. The summed E-state index contributed by atoms with van der Waals surface area (Å²) < 4.78 is 0.930. The maximum atomic E-state index is 5.58. The fourth-order valence-corrected chi connectivity index (χ4v) is 2.37. The average Bonchev–Trinajstić information content (AvgIpc) is 2.47. The van der Waals surface area contributed by atoms with Crippen molar-refractivity contribution >= 4 is 55.7 Å². The van der Waals surface area contributed by atoms with Crippen LogP contribution in [0.15, 0.2) is 47.2 Å². The lowest BCUT2D eigenvalue weighted by Crippen LogP contribution is -2.12. The zero-order valence-corrected chi connectivity index (χ0v) is 13.1. The van der Waals surface area contributed by atoms with Crippen LogP contribution in [0.3, 0.4) is 0 Å². The molecule has 0 aliphatic carbocycles. The summed E-state index contributed by atoms with van der Waals surface area (Å²) in [5, 5.41) is 4.16. The highest BCUT2D eigenvalue weighted by Gasteiger charge is 2.06. The molecule has 0 aliphatic rings. The number of para-hydroxylation sites is 1. The van der Waals surface area contributed by atoms with Gasteiger partial charge in [0, 0.05) is 22.3 Å². The standard InChI is InChI=1S/C14H10BrN5S/c15-9-6-8-2-1-3-10(12(8)18-7-9)19-14-17-5-4-11(20-14)13(16)21/h1-7H,(H2,16,21)(H,17,19,20). The topological polar surface area (TPSA) is 76.7 Å². The van der Waals surface area contributed by atoms with Crippen LogP contribution in [0, 0.1) is 0 Å². The SMILES string of the molecule is NC(=S)c1ccnc(Nc2cccc3cc(Br)cnc23)n1. The number of nitrogens with one attached hydrogen (secondary N) is 1. The highest BCUT2D eigenvalue weighted by molar-refractivity contribution is 9.10. The molecule has 0 unspecified atom stereocenters. The molecular weight excluding hydrogens is 350 g/mol. The van der Waals surface area contributed by atoms with E-state index in [-0.39, 0.29) is 4.99 Å². The lowest BCUT2D eigenvalue weighted by molar-refractivity contribution is 1.15. The second-order valence-electron chi connectivity index (χ2n) is 4.29. The minimum atomic E-state index is 0.237. The van der Waals surface area contributed by atoms with Crippen LogP contribution >= 0.6 is 28.1 Å². The smallest absolute Gasteiger partial charge is 0.227 e. The number of halogens is 1. The molecule has 1 aromatic carbocycles. The average molecular weight is 360 g/mol. The lowest BCUT2D eigenvalue weighted by atomic mass is 10.2. The van der Waals surface area contributed by atoms with Crippen molar-refractivity contribution in [3.05, 3.63) is 52.9 Å². The predicted octanol–water partition coefficient (Wildman–Crippen LogP) is 3.17. The summed E-state index contributed by atoms with van der Waals surface area (Å²) in [6, 6.07) is 9.52. The van der Waals surface area contributed by atoms with Crippen LogP contribution in [0.1, 0.15) is 5.69 Å². The zero-order chi connectivity index (χ0) is 14.8. The molecule has 0 saturated carbocycles. The number of aromatic nitrogens is 3. The molecule has 0 spiro atoms. The number of nitrogens with zero attached hydrogens (tertiary/aromatic N) is 3. The van der Waals surface area contributed by atoms with Gasteiger partial charge in [-0.15, -0.1) is 0 Å². The second kappa shape index (κ2) is 5.71. The van der Waals surface area contributed by atoms with Crippen LogP contribution in [0.2, 0.25) is 0 Å². The van der Waals surface area contributed by atoms with Crippen molar-refractivity contribution in [2.75, 3.05) is 5.32 Å². The highest BCUT2D eigenvalue weighted by Crippen LogP contribution is 2.25. The molecule has 104 valence electrons. The number of hydrogen-bond donors (Lipinski definition) is 2. The molecule has 0 aliphatic heterocycles. The van der Waals surface area contributed by atoms with E-state index in [4.69, 9.17) is 18.0 Å². The number of fused-ring (bicyclic) bond motifs is 1. The third kappa shape index (κ3) is 2.98. The minimum absolute atomic E-state index is 0.237. The van der Waals surface area contributed by atoms with Crippen LogP contribution in [0.25, 0.3) is 10.9 Å². The van der Waals surface area contributed by atoms with Gasteiger partial charge in [-0.1, -0.05) is 24.4 Å². The molecule has 3 aromatic rings. The second-order valence-corrected chi connectivity index (χ2v) is 5.64. The molecule has 7 heteroatoms. The van der Waals surface area contributed by atoms with Gasteiger partial charge in [0.05, 0.1) is 11.2 Å². The van der Waals surface area contributed by atoms with Gasteiger partial charge in [0.2, 0.25) is 5.95 Å². The minimum Gasteiger partial charge on any atom is -0.388 e. The van der Waals surface area contributed by atoms with Gasteiger partial charge >= 0.3 is 0 Å². The van der Waals surface area contributed by atoms with E-state index >= 15 is 0 Å². The Bertz CT molecular complexity index is 836. The molecule has 3 rings (SSSR count). The van der Waals surface area contributed by atoms with E-state index in [2.05, 4.69) is 36.2 Å². The van der Waals surface area contributed by atoms with Crippen LogP contribution in [-0.4, -0.2) is 19.9 Å². The maximum absolute atomic E-state index is 5.58. The quantitative estimate of drug-likeness (QED) is 0.699. The lowest BCUT2D eigenvalue weighted by Gasteiger charge is -2.08. The Morgan fingerprint density at radius 3 is 2.90 bits per heavy atom. The number of anilines is 2. The molecule has 2 heterocycles. The van der Waals surface area contributed by atoms with Gasteiger partial charge in [-0.2, -0.15) is 0 Å². The summed E-state index contributed by atoms with van der Waals surface area (Å²) in [6.07, 6.45) is 3.36. The highest BCUT2D eigenvalue weighted by atomic mass is 79.9. The Morgan fingerprint density at radius 1 is 1.24 bits per heavy atom. The van der Waals surface area contributed by atoms with Crippen molar-refractivity contribution in [1.82, 2.24) is 15.0 Å². The first-order valence-corrected chi connectivity index (χ1v) is 7.28. The molecule has 3 N–H and O–H groups in total. The van der Waals surface area contributed by atoms with Crippen LogP contribution in [-0.2, 0) is 0 Å². The number of nitrogens with two attached hydrogens (primary N) is 1. The molecular formula is C14H10BrN5S. The van der Waals surface area contributed by atoms with Gasteiger partial charge in [0.1, 0.15) is 10.7 Å². The Morgan fingerprint density at radius 2 is 2.10 bits per heavy atom. The number of rotatable bonds is 3. The molecule has 0 saturated heterocycles. The summed E-state index contributed by atoms with van der Waals surface area (Å²) in [6.45, 7) is 0. The molecule has 0 atom stereocenters. The number of thiocarbonyl (C=S) groups is 1. The van der Waals surface area contributed by atoms with E-state index in [1.165, 1.54) is 0 Å². The summed E-state index contributed by atoms with van der Waals surface area (Å²) in [7, 11) is 0. The van der Waals surface area contributed by atoms with Crippen LogP contribution < -0.4 is 11.1 Å². The fourth-order valence-electron chi connectivity index (χ4n) is 1.91. The summed E-state index contributed by atoms with van der Waals surface area (Å²) in [4.78, 5) is 13.1. The normalized spacial score (nSPS) is 10.5. The molecule has 0 amide bonds. The fraction of sp³-hybridized carbons (Fsp3) is 0. The number of pyridine rings is 1. The molecule has 2 aromatic heterocycles. The van der Waals surface area contributed by atoms with E-state index in [0.29, 0.717) is 11.6 Å². The van der Waals surface area contributed by atoms with Crippen molar-refractivity contribution in [3.63, 3.8) is 0 Å². The number of hydrogen-bond acceptors (Lipinski definition) is 5. The van der Waals surface area contributed by atoms with Gasteiger partial charge < -0.3 is 11.1 Å². The molecule has 0 fully saturated rings. The van der Waals surface area contributed by atoms with Gasteiger partial charge in [-0.05, 0) is 34.1 Å². The first kappa shape index (κ1) is 13.8.